The quantitative estimate of drug-likeness (QED) is 0.603. The number of amides is 1. The molecule has 3 atom stereocenters. The van der Waals surface area contributed by atoms with Gasteiger partial charge < -0.3 is 10.2 Å². The number of hydrogen-bond donors (Lipinski definition) is 1. The normalized spacial score (nSPS) is 21.8. The lowest BCUT2D eigenvalue weighted by Gasteiger charge is -2.36. The summed E-state index contributed by atoms with van der Waals surface area (Å²) < 4.78 is 40.1. The third-order valence-corrected chi connectivity index (χ3v) is 6.56. The van der Waals surface area contributed by atoms with E-state index < -0.39 is 11.7 Å². The van der Waals surface area contributed by atoms with Crippen molar-refractivity contribution in [3.63, 3.8) is 0 Å². The molecule has 2 aliphatic rings. The number of piperidine rings is 1. The van der Waals surface area contributed by atoms with Crippen LogP contribution < -0.4 is 5.32 Å². The minimum absolute atomic E-state index is 0.116. The van der Waals surface area contributed by atoms with E-state index in [1.807, 2.05) is 37.1 Å². The molecule has 0 unspecified atom stereocenters. The number of anilines is 1. The van der Waals surface area contributed by atoms with Crippen LogP contribution in [-0.2, 0) is 6.18 Å². The van der Waals surface area contributed by atoms with Crippen molar-refractivity contribution in [3.8, 4) is 5.69 Å². The number of fused-ring (bicyclic) bond motifs is 1. The highest BCUT2D eigenvalue weighted by Crippen LogP contribution is 2.47. The third kappa shape index (κ3) is 4.49. The molecule has 1 aliphatic heterocycles. The van der Waals surface area contributed by atoms with Gasteiger partial charge in [-0.3, -0.25) is 4.79 Å². The highest BCUT2D eigenvalue weighted by Gasteiger charge is 2.47. The zero-order chi connectivity index (χ0) is 24.0. The van der Waals surface area contributed by atoms with E-state index in [1.54, 1.807) is 10.9 Å². The van der Waals surface area contributed by atoms with Crippen molar-refractivity contribution in [2.24, 2.45) is 11.8 Å². The Balaban J connectivity index is 1.37. The number of hydrogen-bond acceptors (Lipinski definition) is 5. The molecule has 0 bridgehead atoms. The number of carbonyl (C=O) groups excluding carboxylic acids is 1. The van der Waals surface area contributed by atoms with E-state index in [9.17, 15) is 18.0 Å². The Labute approximate surface area is 195 Å². The molecular formula is C24H25F3N6O. The fourth-order valence-electron chi connectivity index (χ4n) is 4.60. The molecule has 4 heterocycles. The maximum Gasteiger partial charge on any atom is 0.417 e. The molecule has 7 nitrogen and oxygen atoms in total. The lowest BCUT2D eigenvalue weighted by molar-refractivity contribution is -0.137. The summed E-state index contributed by atoms with van der Waals surface area (Å²) in [5.74, 6) is 1.25. The number of rotatable bonds is 5. The molecular weight excluding hydrogens is 445 g/mol. The second-order valence-corrected chi connectivity index (χ2v) is 9.20. The van der Waals surface area contributed by atoms with E-state index in [2.05, 4.69) is 20.4 Å². The Hall–Kier alpha value is -3.43. The van der Waals surface area contributed by atoms with Gasteiger partial charge in [0, 0.05) is 37.2 Å². The van der Waals surface area contributed by atoms with Gasteiger partial charge in [-0.1, -0.05) is 0 Å². The smallest absolute Gasteiger partial charge is 0.368 e. The van der Waals surface area contributed by atoms with Gasteiger partial charge in [0.1, 0.15) is 5.82 Å². The molecule has 5 rings (SSSR count). The Morgan fingerprint density at radius 2 is 1.94 bits per heavy atom. The summed E-state index contributed by atoms with van der Waals surface area (Å²) in [6.07, 6.45) is 1.90. The molecule has 2 fully saturated rings. The van der Waals surface area contributed by atoms with Crippen LogP contribution in [-0.4, -0.2) is 49.7 Å². The van der Waals surface area contributed by atoms with E-state index >= 15 is 0 Å². The number of nitrogens with one attached hydrogen (secondary N) is 1. The molecule has 3 aromatic heterocycles. The Morgan fingerprint density at radius 1 is 1.12 bits per heavy atom. The van der Waals surface area contributed by atoms with Crippen LogP contribution in [0.2, 0.25) is 0 Å². The Morgan fingerprint density at radius 3 is 2.62 bits per heavy atom. The number of nitrogens with zero attached hydrogens (tertiary/aromatic N) is 5. The maximum atomic E-state index is 13.7. The number of aryl methyl sites for hydroxylation is 2. The molecule has 1 N–H and O–H groups in total. The zero-order valence-corrected chi connectivity index (χ0v) is 18.9. The van der Waals surface area contributed by atoms with Crippen LogP contribution >= 0.6 is 0 Å². The van der Waals surface area contributed by atoms with Gasteiger partial charge in [-0.25, -0.2) is 14.6 Å². The van der Waals surface area contributed by atoms with Gasteiger partial charge in [0.15, 0.2) is 5.69 Å². The van der Waals surface area contributed by atoms with Gasteiger partial charge in [-0.2, -0.15) is 18.3 Å². The molecule has 3 aromatic rings. The van der Waals surface area contributed by atoms with Crippen molar-refractivity contribution in [2.45, 2.75) is 38.9 Å². The van der Waals surface area contributed by atoms with Gasteiger partial charge in [0.05, 0.1) is 17.4 Å². The summed E-state index contributed by atoms with van der Waals surface area (Å²) in [6, 6.07) is 5.91. The summed E-state index contributed by atoms with van der Waals surface area (Å²) >= 11 is 0. The average Bonchev–Trinajstić information content (AvgIpc) is 3.44. The van der Waals surface area contributed by atoms with Crippen molar-refractivity contribution in [2.75, 3.05) is 18.4 Å². The number of alkyl halides is 3. The van der Waals surface area contributed by atoms with Crippen molar-refractivity contribution in [1.29, 1.82) is 0 Å². The van der Waals surface area contributed by atoms with Crippen LogP contribution in [0.4, 0.5) is 19.0 Å². The maximum absolute atomic E-state index is 13.7. The average molecular weight is 470 g/mol. The summed E-state index contributed by atoms with van der Waals surface area (Å²) in [5, 5.41) is 7.47. The van der Waals surface area contributed by atoms with Gasteiger partial charge in [-0.05, 0) is 68.4 Å². The summed E-state index contributed by atoms with van der Waals surface area (Å²) in [7, 11) is 0. The number of carbonyl (C=O) groups is 1. The number of aromatic nitrogens is 4. The predicted octanol–water partition coefficient (Wildman–Crippen LogP) is 4.26. The fraction of sp³-hybridized carbons (Fsp3) is 0.417. The first-order chi connectivity index (χ1) is 16.2. The minimum atomic E-state index is -4.43. The molecule has 34 heavy (non-hydrogen) atoms. The number of halogens is 3. The molecule has 1 saturated heterocycles. The first-order valence-electron chi connectivity index (χ1n) is 11.3. The molecule has 1 amide bonds. The van der Waals surface area contributed by atoms with Crippen LogP contribution in [0.3, 0.4) is 0 Å². The second kappa shape index (κ2) is 8.41. The van der Waals surface area contributed by atoms with Crippen molar-refractivity contribution in [3.05, 3.63) is 65.4 Å². The second-order valence-electron chi connectivity index (χ2n) is 9.20. The minimum Gasteiger partial charge on any atom is -0.368 e. The largest absolute Gasteiger partial charge is 0.417 e. The monoisotopic (exact) mass is 470 g/mol. The predicted molar refractivity (Wildman–Crippen MR) is 120 cm³/mol. The molecule has 0 spiro atoms. The lowest BCUT2D eigenvalue weighted by atomic mass is 10.0. The first-order valence-corrected chi connectivity index (χ1v) is 11.3. The molecule has 0 aromatic carbocycles. The highest BCUT2D eigenvalue weighted by molar-refractivity contribution is 5.96. The molecule has 1 aliphatic carbocycles. The van der Waals surface area contributed by atoms with Crippen LogP contribution in [0.1, 0.15) is 40.2 Å². The molecule has 10 heteroatoms. The molecule has 0 radical (unpaired) electrons. The van der Waals surface area contributed by atoms with Crippen LogP contribution in [0.25, 0.3) is 5.69 Å². The third-order valence-electron chi connectivity index (χ3n) is 6.56. The van der Waals surface area contributed by atoms with Crippen molar-refractivity contribution >= 4 is 11.7 Å². The van der Waals surface area contributed by atoms with E-state index in [4.69, 9.17) is 0 Å². The summed E-state index contributed by atoms with van der Waals surface area (Å²) in [5.41, 5.74) is 1.89. The van der Waals surface area contributed by atoms with Gasteiger partial charge >= 0.3 is 6.18 Å². The highest BCUT2D eigenvalue weighted by atomic mass is 19.4. The molecule has 1 saturated carbocycles. The molecule has 178 valence electrons. The lowest BCUT2D eigenvalue weighted by Crippen LogP contribution is -2.48. The first kappa shape index (κ1) is 22.4. The van der Waals surface area contributed by atoms with Gasteiger partial charge in [0.2, 0.25) is 0 Å². The number of likely N-dealkylation sites (tertiary alicyclic amines) is 1. The van der Waals surface area contributed by atoms with E-state index in [1.165, 1.54) is 6.07 Å². The van der Waals surface area contributed by atoms with Crippen molar-refractivity contribution in [1.82, 2.24) is 24.6 Å². The topological polar surface area (TPSA) is 75.9 Å². The number of pyridine rings is 2. The van der Waals surface area contributed by atoms with Crippen LogP contribution in [0.15, 0.2) is 42.9 Å². The Kier molecular flexibility index (Phi) is 5.53. The SMILES string of the molecule is Cc1cnn(-c2ccc(C)nc2C(=O)N2C[C@@H]3C[C@@H]3C[C@H]2CNc2ccc(C(F)(F)F)cn2)c1. The zero-order valence-electron chi connectivity index (χ0n) is 18.9. The van der Waals surface area contributed by atoms with Gasteiger partial charge in [-0.15, -0.1) is 0 Å². The van der Waals surface area contributed by atoms with Crippen molar-refractivity contribution < 1.29 is 18.0 Å². The summed E-state index contributed by atoms with van der Waals surface area (Å²) in [4.78, 5) is 24.1. The van der Waals surface area contributed by atoms with Gasteiger partial charge in [0.25, 0.3) is 5.91 Å². The van der Waals surface area contributed by atoms with E-state index in [-0.39, 0.29) is 11.9 Å². The van der Waals surface area contributed by atoms with Crippen LogP contribution in [0, 0.1) is 25.7 Å². The Bertz CT molecular complexity index is 1210. The van der Waals surface area contributed by atoms with Crippen LogP contribution in [0.5, 0.6) is 0 Å². The summed E-state index contributed by atoms with van der Waals surface area (Å²) in [6.45, 7) is 4.82. The standard InChI is InChI=1S/C24H25F3N6O/c1-14-9-30-33(12-14)20-5-3-15(2)31-22(20)23(34)32-13-17-7-16(17)8-19(32)11-29-21-6-4-18(10-28-21)24(25,26)27/h3-6,9-10,12,16-17,19H,7-8,11,13H2,1-2H3,(H,28,29)/t16-,17+,19+/m1/s1. The fourth-order valence-corrected chi connectivity index (χ4v) is 4.60. The van der Waals surface area contributed by atoms with E-state index in [0.717, 1.165) is 36.4 Å². The van der Waals surface area contributed by atoms with E-state index in [0.29, 0.717) is 42.1 Å².